The zero-order valence-corrected chi connectivity index (χ0v) is 17.8. The number of amides is 1. The maximum Gasteiger partial charge on any atom is 0.341 e. The summed E-state index contributed by atoms with van der Waals surface area (Å²) in [5, 5.41) is 6.77. The van der Waals surface area contributed by atoms with Crippen LogP contribution >= 0.6 is 22.9 Å². The first-order valence-electron chi connectivity index (χ1n) is 9.45. The molecule has 0 spiro atoms. The molecule has 10 heteroatoms. The topological polar surface area (TPSA) is 73.2 Å². The van der Waals surface area contributed by atoms with Crippen molar-refractivity contribution in [2.24, 2.45) is 0 Å². The molecule has 29 heavy (non-hydrogen) atoms. The molecule has 0 saturated heterocycles. The van der Waals surface area contributed by atoms with E-state index in [-0.39, 0.29) is 17.3 Å². The second-order valence-electron chi connectivity index (χ2n) is 6.84. The number of carbonyl (C=O) groups is 2. The molecule has 1 amide bonds. The van der Waals surface area contributed by atoms with E-state index in [0.717, 1.165) is 40.8 Å². The lowest BCUT2D eigenvalue weighted by molar-refractivity contribution is -0.116. The number of carbonyl (C=O) groups excluding carboxylic acids is 2. The third kappa shape index (κ3) is 4.61. The first-order valence-corrected chi connectivity index (χ1v) is 10.6. The van der Waals surface area contributed by atoms with E-state index < -0.39 is 24.0 Å². The van der Waals surface area contributed by atoms with Gasteiger partial charge in [0.05, 0.1) is 22.9 Å². The van der Waals surface area contributed by atoms with Crippen molar-refractivity contribution in [1.29, 1.82) is 0 Å². The van der Waals surface area contributed by atoms with Crippen LogP contribution in [0.5, 0.6) is 0 Å². The number of aryl methyl sites for hydroxylation is 1. The molecule has 2 aromatic rings. The zero-order chi connectivity index (χ0) is 21.1. The molecule has 2 aromatic heterocycles. The molecule has 1 N–H and O–H groups in total. The van der Waals surface area contributed by atoms with Crippen molar-refractivity contribution in [3.05, 3.63) is 32.4 Å². The van der Waals surface area contributed by atoms with Crippen molar-refractivity contribution < 1.29 is 23.1 Å². The number of alkyl halides is 2. The molecule has 0 radical (unpaired) electrons. The van der Waals surface area contributed by atoms with Crippen LogP contribution in [0.4, 0.5) is 13.8 Å². The molecule has 1 aliphatic carbocycles. The first kappa shape index (κ1) is 21.7. The highest BCUT2D eigenvalue weighted by atomic mass is 35.5. The van der Waals surface area contributed by atoms with E-state index in [0.29, 0.717) is 23.6 Å². The molecule has 2 heterocycles. The van der Waals surface area contributed by atoms with Crippen LogP contribution in [-0.4, -0.2) is 28.3 Å². The highest BCUT2D eigenvalue weighted by Gasteiger charge is 2.28. The van der Waals surface area contributed by atoms with Crippen LogP contribution < -0.4 is 5.32 Å². The minimum absolute atomic E-state index is 0.150. The molecule has 158 valence electrons. The number of hydrogen-bond donors (Lipinski definition) is 1. The number of nitrogens with one attached hydrogen (secondary N) is 1. The number of aromatic nitrogens is 2. The van der Waals surface area contributed by atoms with Gasteiger partial charge in [0.25, 0.3) is 6.43 Å². The Bertz CT molecular complexity index is 926. The summed E-state index contributed by atoms with van der Waals surface area (Å²) < 4.78 is 32.4. The van der Waals surface area contributed by atoms with Crippen molar-refractivity contribution in [2.75, 3.05) is 11.9 Å². The molecule has 0 aromatic carbocycles. The van der Waals surface area contributed by atoms with E-state index in [1.54, 1.807) is 0 Å². The SMILES string of the molecule is CCCOC(=O)c1c(NC(=O)Cn2nc(C(F)F)c(Cl)c2C)sc2c1CCCC2. The van der Waals surface area contributed by atoms with Gasteiger partial charge in [-0.15, -0.1) is 11.3 Å². The molecule has 6 nitrogen and oxygen atoms in total. The van der Waals surface area contributed by atoms with Crippen molar-refractivity contribution in [3.63, 3.8) is 0 Å². The average Bonchev–Trinajstić information content (AvgIpc) is 3.18. The van der Waals surface area contributed by atoms with Gasteiger partial charge in [0.2, 0.25) is 5.91 Å². The van der Waals surface area contributed by atoms with Crippen molar-refractivity contribution in [1.82, 2.24) is 9.78 Å². The van der Waals surface area contributed by atoms with Gasteiger partial charge in [0.15, 0.2) is 0 Å². The Balaban J connectivity index is 1.82. The number of esters is 1. The number of halogens is 3. The van der Waals surface area contributed by atoms with E-state index in [2.05, 4.69) is 10.4 Å². The molecule has 0 saturated carbocycles. The third-order valence-electron chi connectivity index (χ3n) is 4.72. The number of ether oxygens (including phenoxy) is 1. The van der Waals surface area contributed by atoms with Crippen LogP contribution in [0.3, 0.4) is 0 Å². The quantitative estimate of drug-likeness (QED) is 0.613. The maximum atomic E-state index is 13.0. The molecule has 0 fully saturated rings. The summed E-state index contributed by atoms with van der Waals surface area (Å²) in [7, 11) is 0. The fourth-order valence-electron chi connectivity index (χ4n) is 3.28. The normalized spacial score (nSPS) is 13.4. The third-order valence-corrected chi connectivity index (χ3v) is 6.40. The zero-order valence-electron chi connectivity index (χ0n) is 16.2. The summed E-state index contributed by atoms with van der Waals surface area (Å²) in [6.45, 7) is 3.44. The number of hydrogen-bond acceptors (Lipinski definition) is 5. The predicted octanol–water partition coefficient (Wildman–Crippen LogP) is 4.93. The van der Waals surface area contributed by atoms with E-state index >= 15 is 0 Å². The molecule has 1 aliphatic rings. The number of anilines is 1. The number of thiophene rings is 1. The van der Waals surface area contributed by atoms with Crippen molar-refractivity contribution >= 4 is 39.8 Å². The lowest BCUT2D eigenvalue weighted by Crippen LogP contribution is -2.21. The molecule has 0 aliphatic heterocycles. The summed E-state index contributed by atoms with van der Waals surface area (Å²) >= 11 is 7.25. The van der Waals surface area contributed by atoms with Gasteiger partial charge in [-0.2, -0.15) is 5.10 Å². The van der Waals surface area contributed by atoms with Crippen molar-refractivity contribution in [2.45, 2.75) is 58.9 Å². The lowest BCUT2D eigenvalue weighted by Gasteiger charge is -2.12. The van der Waals surface area contributed by atoms with Gasteiger partial charge in [-0.05, 0) is 44.6 Å². The standard InChI is InChI=1S/C19H22ClF2N3O3S/c1-3-8-28-19(27)14-11-6-4-5-7-12(11)29-18(14)23-13(26)9-25-10(2)15(20)16(24-25)17(21)22/h17H,3-9H2,1-2H3,(H,23,26). The van der Waals surface area contributed by atoms with Crippen LogP contribution in [0.25, 0.3) is 0 Å². The number of rotatable bonds is 7. The Hall–Kier alpha value is -2.00. The molecular weight excluding hydrogens is 424 g/mol. The summed E-state index contributed by atoms with van der Waals surface area (Å²) in [4.78, 5) is 26.2. The van der Waals surface area contributed by atoms with E-state index in [1.807, 2.05) is 6.92 Å². The fourth-order valence-corrected chi connectivity index (χ4v) is 4.79. The van der Waals surface area contributed by atoms with Crippen LogP contribution in [-0.2, 0) is 28.9 Å². The molecule has 0 unspecified atom stereocenters. The summed E-state index contributed by atoms with van der Waals surface area (Å²) in [5.74, 6) is -0.920. The first-order chi connectivity index (χ1) is 13.8. The van der Waals surface area contributed by atoms with Crippen LogP contribution in [0.15, 0.2) is 0 Å². The second-order valence-corrected chi connectivity index (χ2v) is 8.33. The monoisotopic (exact) mass is 445 g/mol. The second kappa shape index (κ2) is 9.21. The molecule has 3 rings (SSSR count). The van der Waals surface area contributed by atoms with Gasteiger partial charge in [0.1, 0.15) is 17.2 Å². The van der Waals surface area contributed by atoms with Crippen molar-refractivity contribution in [3.8, 4) is 0 Å². The highest BCUT2D eigenvalue weighted by Crippen LogP contribution is 2.38. The Morgan fingerprint density at radius 1 is 1.34 bits per heavy atom. The van der Waals surface area contributed by atoms with E-state index in [1.165, 1.54) is 18.3 Å². The highest BCUT2D eigenvalue weighted by molar-refractivity contribution is 7.17. The van der Waals surface area contributed by atoms with Crippen LogP contribution in [0.1, 0.15) is 64.8 Å². The van der Waals surface area contributed by atoms with Gasteiger partial charge in [-0.25, -0.2) is 13.6 Å². The smallest absolute Gasteiger partial charge is 0.341 e. The van der Waals surface area contributed by atoms with Crippen LogP contribution in [0.2, 0.25) is 5.02 Å². The molecular formula is C19H22ClF2N3O3S. The van der Waals surface area contributed by atoms with E-state index in [9.17, 15) is 18.4 Å². The molecule has 0 bridgehead atoms. The minimum atomic E-state index is -2.82. The number of fused-ring (bicyclic) bond motifs is 1. The fraction of sp³-hybridized carbons (Fsp3) is 0.526. The van der Waals surface area contributed by atoms with Gasteiger partial charge >= 0.3 is 5.97 Å². The summed E-state index contributed by atoms with van der Waals surface area (Å²) in [6.07, 6.45) is 1.51. The van der Waals surface area contributed by atoms with Crippen LogP contribution in [0, 0.1) is 6.92 Å². The summed E-state index contributed by atoms with van der Waals surface area (Å²) in [6, 6.07) is 0. The Labute approximate surface area is 176 Å². The Morgan fingerprint density at radius 3 is 2.72 bits per heavy atom. The lowest BCUT2D eigenvalue weighted by atomic mass is 9.95. The van der Waals surface area contributed by atoms with E-state index in [4.69, 9.17) is 16.3 Å². The summed E-state index contributed by atoms with van der Waals surface area (Å²) in [5.41, 5.74) is 1.09. The predicted molar refractivity (Wildman–Crippen MR) is 107 cm³/mol. The largest absolute Gasteiger partial charge is 0.462 e. The van der Waals surface area contributed by atoms with Gasteiger partial charge in [-0.3, -0.25) is 9.48 Å². The van der Waals surface area contributed by atoms with Gasteiger partial charge < -0.3 is 10.1 Å². The number of nitrogens with zero attached hydrogens (tertiary/aromatic N) is 2. The maximum absolute atomic E-state index is 13.0. The van der Waals surface area contributed by atoms with Gasteiger partial charge in [-0.1, -0.05) is 18.5 Å². The average molecular weight is 446 g/mol. The Morgan fingerprint density at radius 2 is 2.07 bits per heavy atom. The van der Waals surface area contributed by atoms with Gasteiger partial charge in [0, 0.05) is 4.88 Å². The Kier molecular flexibility index (Phi) is 6.89. The minimum Gasteiger partial charge on any atom is -0.462 e. The molecule has 0 atom stereocenters.